The largest absolute Gasteiger partial charge is 0.416 e. The van der Waals surface area contributed by atoms with E-state index in [1.54, 1.807) is 6.07 Å². The number of nitrogens with zero attached hydrogens (tertiary/aromatic N) is 4. The number of hydrogen-bond acceptors (Lipinski definition) is 4. The number of thiocarbonyl (C=S) groups is 1. The number of hydrogen-bond donors (Lipinski definition) is 0. The molecule has 35 heavy (non-hydrogen) atoms. The molecule has 1 unspecified atom stereocenters. The summed E-state index contributed by atoms with van der Waals surface area (Å²) in [5, 5.41) is 0. The summed E-state index contributed by atoms with van der Waals surface area (Å²) >= 11 is 6.23. The van der Waals surface area contributed by atoms with Gasteiger partial charge in [-0.25, -0.2) is 0 Å². The van der Waals surface area contributed by atoms with Gasteiger partial charge in [-0.2, -0.15) is 13.2 Å². The molecule has 1 aromatic rings. The Balaban J connectivity index is 1.63. The minimum atomic E-state index is -4.39. The number of piperazine rings is 1. The van der Waals surface area contributed by atoms with Gasteiger partial charge in [-0.3, -0.25) is 14.8 Å². The average Bonchev–Trinajstić information content (AvgIpc) is 3.07. The van der Waals surface area contributed by atoms with E-state index >= 15 is 0 Å². The lowest BCUT2D eigenvalue weighted by Gasteiger charge is -2.45. The Bertz CT molecular complexity index is 942. The van der Waals surface area contributed by atoms with Crippen LogP contribution in [0, 0.1) is 5.41 Å². The van der Waals surface area contributed by atoms with E-state index in [1.165, 1.54) is 37.8 Å². The number of halogens is 3. The van der Waals surface area contributed by atoms with Gasteiger partial charge in [0, 0.05) is 37.3 Å². The number of aliphatic imine (C=N–C) groups is 1. The van der Waals surface area contributed by atoms with Crippen LogP contribution in [0.15, 0.2) is 29.3 Å². The van der Waals surface area contributed by atoms with E-state index in [9.17, 15) is 13.2 Å². The second kappa shape index (κ2) is 10.1. The number of alkyl halides is 3. The first kappa shape index (κ1) is 25.2. The lowest BCUT2D eigenvalue weighted by molar-refractivity contribution is -0.137. The molecular weight excluding hydrogens is 469 g/mol. The molecule has 0 amide bonds. The van der Waals surface area contributed by atoms with Gasteiger partial charge in [-0.15, -0.1) is 0 Å². The fourth-order valence-corrected chi connectivity index (χ4v) is 7.19. The molecule has 1 atom stereocenters. The summed E-state index contributed by atoms with van der Waals surface area (Å²) in [5.41, 5.74) is -0.345. The Kier molecular flexibility index (Phi) is 7.26. The van der Waals surface area contributed by atoms with Gasteiger partial charge in [0.2, 0.25) is 0 Å². The molecule has 4 nitrogen and oxygen atoms in total. The first-order chi connectivity index (χ1) is 16.8. The van der Waals surface area contributed by atoms with Crippen LogP contribution < -0.4 is 4.90 Å². The highest BCUT2D eigenvalue weighted by Crippen LogP contribution is 2.50. The molecule has 0 N–H and O–H groups in total. The van der Waals surface area contributed by atoms with E-state index < -0.39 is 11.7 Å². The minimum Gasteiger partial charge on any atom is -0.304 e. The maximum Gasteiger partial charge on any atom is 0.416 e. The van der Waals surface area contributed by atoms with Gasteiger partial charge >= 0.3 is 6.18 Å². The zero-order chi connectivity index (χ0) is 24.6. The molecular formula is C27H37F3N4S. The fourth-order valence-electron chi connectivity index (χ4n) is 6.67. The quantitative estimate of drug-likeness (QED) is 0.459. The molecule has 8 heteroatoms. The first-order valence-corrected chi connectivity index (χ1v) is 13.7. The van der Waals surface area contributed by atoms with E-state index in [2.05, 4.69) is 16.8 Å². The van der Waals surface area contributed by atoms with Crippen LogP contribution in [0.5, 0.6) is 0 Å². The van der Waals surface area contributed by atoms with Crippen LogP contribution in [0.3, 0.4) is 0 Å². The van der Waals surface area contributed by atoms with Crippen molar-refractivity contribution in [3.63, 3.8) is 0 Å². The third-order valence-corrected chi connectivity index (χ3v) is 9.19. The maximum absolute atomic E-state index is 13.7. The minimum absolute atomic E-state index is 0.0421. The predicted octanol–water partition coefficient (Wildman–Crippen LogP) is 6.15. The number of rotatable bonds is 3. The highest BCUT2D eigenvalue weighted by molar-refractivity contribution is 7.80. The van der Waals surface area contributed by atoms with Crippen molar-refractivity contribution in [2.45, 2.75) is 82.5 Å². The van der Waals surface area contributed by atoms with Crippen LogP contribution >= 0.6 is 12.2 Å². The molecule has 2 aliphatic heterocycles. The smallest absolute Gasteiger partial charge is 0.304 e. The van der Waals surface area contributed by atoms with Gasteiger partial charge in [-0.1, -0.05) is 56.8 Å². The molecule has 0 radical (unpaired) electrons. The monoisotopic (exact) mass is 506 g/mol. The molecule has 2 saturated carbocycles. The first-order valence-electron chi connectivity index (χ1n) is 13.3. The summed E-state index contributed by atoms with van der Waals surface area (Å²) < 4.78 is 41.0. The normalized spacial score (nSPS) is 28.3. The fraction of sp³-hybridized carbons (Fsp3) is 0.704. The van der Waals surface area contributed by atoms with E-state index in [1.807, 2.05) is 4.90 Å². The third-order valence-electron chi connectivity index (χ3n) is 8.60. The summed E-state index contributed by atoms with van der Waals surface area (Å²) in [7, 11) is 2.15. The SMILES string of the molecule is CN1CCN(C2C(=NC3CCCCC3)N(c3cccc(C(F)(F)F)c3)C(=S)C23CCCCC3)CC1. The van der Waals surface area contributed by atoms with Gasteiger partial charge in [0.15, 0.2) is 0 Å². The van der Waals surface area contributed by atoms with Gasteiger partial charge in [0.05, 0.1) is 22.6 Å². The third kappa shape index (κ3) is 4.90. The van der Waals surface area contributed by atoms with Crippen molar-refractivity contribution < 1.29 is 13.2 Å². The van der Waals surface area contributed by atoms with Crippen LogP contribution in [0.2, 0.25) is 0 Å². The zero-order valence-electron chi connectivity index (χ0n) is 20.7. The highest BCUT2D eigenvalue weighted by atomic mass is 32.1. The standard InChI is InChI=1S/C27H37F3N4S/c1-32-15-17-33(18-16-32)23-24(31-21-10-4-2-5-11-21)34(25(35)26(23)13-6-3-7-14-26)22-12-8-9-20(19-22)27(28,29)30/h8-9,12,19,21,23H,2-7,10-11,13-18H2,1H3. The molecule has 1 spiro atoms. The topological polar surface area (TPSA) is 22.1 Å². The average molecular weight is 507 g/mol. The highest BCUT2D eigenvalue weighted by Gasteiger charge is 2.58. The Morgan fingerprint density at radius 3 is 2.26 bits per heavy atom. The van der Waals surface area contributed by atoms with Crippen LogP contribution in [0.25, 0.3) is 0 Å². The summed E-state index contributed by atoms with van der Waals surface area (Å²) in [6.07, 6.45) is 6.67. The Morgan fingerprint density at radius 1 is 0.943 bits per heavy atom. The number of likely N-dealkylation sites (N-methyl/N-ethyl adjacent to an activating group) is 1. The maximum atomic E-state index is 13.7. The van der Waals surface area contributed by atoms with Crippen molar-refractivity contribution >= 4 is 28.7 Å². The predicted molar refractivity (Wildman–Crippen MR) is 139 cm³/mol. The molecule has 4 fully saturated rings. The lowest BCUT2D eigenvalue weighted by Crippen LogP contribution is -2.57. The van der Waals surface area contributed by atoms with Crippen LogP contribution in [-0.2, 0) is 6.18 Å². The Hall–Kier alpha value is -1.51. The van der Waals surface area contributed by atoms with Crippen LogP contribution in [-0.4, -0.2) is 65.9 Å². The van der Waals surface area contributed by atoms with Crippen molar-refractivity contribution in [2.75, 3.05) is 38.1 Å². The number of anilines is 1. The van der Waals surface area contributed by atoms with Gasteiger partial charge in [-0.05, 0) is 50.9 Å². The summed E-state index contributed by atoms with van der Waals surface area (Å²) in [5.74, 6) is 0.910. The molecule has 2 aliphatic carbocycles. The van der Waals surface area contributed by atoms with Crippen molar-refractivity contribution in [2.24, 2.45) is 10.4 Å². The van der Waals surface area contributed by atoms with Gasteiger partial charge in [0.1, 0.15) is 5.84 Å². The molecule has 5 rings (SSSR count). The summed E-state index contributed by atoms with van der Waals surface area (Å²) in [6, 6.07) is 5.97. The van der Waals surface area contributed by atoms with E-state index in [0.29, 0.717) is 5.69 Å². The number of benzene rings is 1. The summed E-state index contributed by atoms with van der Waals surface area (Å²) in [4.78, 5) is 13.0. The molecule has 2 saturated heterocycles. The molecule has 0 aromatic heterocycles. The second-order valence-corrected chi connectivity index (χ2v) is 11.3. The van der Waals surface area contributed by atoms with E-state index in [0.717, 1.165) is 81.6 Å². The van der Waals surface area contributed by atoms with Crippen molar-refractivity contribution in [1.29, 1.82) is 0 Å². The summed E-state index contributed by atoms with van der Waals surface area (Å²) in [6.45, 7) is 3.84. The molecule has 0 bridgehead atoms. The van der Waals surface area contributed by atoms with Crippen molar-refractivity contribution in [1.82, 2.24) is 9.80 Å². The zero-order valence-corrected chi connectivity index (χ0v) is 21.5. The molecule has 192 valence electrons. The van der Waals surface area contributed by atoms with E-state index in [-0.39, 0.29) is 17.5 Å². The molecule has 2 heterocycles. The van der Waals surface area contributed by atoms with E-state index in [4.69, 9.17) is 17.2 Å². The van der Waals surface area contributed by atoms with Crippen LogP contribution in [0.4, 0.5) is 18.9 Å². The molecule has 4 aliphatic rings. The second-order valence-electron chi connectivity index (χ2n) is 10.9. The number of amidine groups is 1. The van der Waals surface area contributed by atoms with Gasteiger partial charge in [0.25, 0.3) is 0 Å². The van der Waals surface area contributed by atoms with Crippen molar-refractivity contribution in [3.8, 4) is 0 Å². The van der Waals surface area contributed by atoms with Gasteiger partial charge < -0.3 is 4.90 Å². The Labute approximate surface area is 212 Å². The van der Waals surface area contributed by atoms with Crippen LogP contribution in [0.1, 0.15) is 69.8 Å². The molecule has 1 aromatic carbocycles. The lowest BCUT2D eigenvalue weighted by atomic mass is 9.69. The van der Waals surface area contributed by atoms with Crippen molar-refractivity contribution in [3.05, 3.63) is 29.8 Å². The Morgan fingerprint density at radius 2 is 1.60 bits per heavy atom.